The Morgan fingerprint density at radius 2 is 1.87 bits per heavy atom. The number of anilines is 1. The van der Waals surface area contributed by atoms with E-state index in [1.165, 1.54) is 6.07 Å². The van der Waals surface area contributed by atoms with Crippen LogP contribution in [0.5, 0.6) is 0 Å². The quantitative estimate of drug-likeness (QED) is 0.373. The van der Waals surface area contributed by atoms with E-state index in [-0.39, 0.29) is 11.5 Å². The van der Waals surface area contributed by atoms with Crippen LogP contribution in [-0.2, 0) is 6.18 Å². The summed E-state index contributed by atoms with van der Waals surface area (Å²) in [6.07, 6.45) is 2.53. The third-order valence-electron chi connectivity index (χ3n) is 6.67. The van der Waals surface area contributed by atoms with Gasteiger partial charge >= 0.3 is 6.18 Å². The van der Waals surface area contributed by atoms with E-state index in [0.717, 1.165) is 55.1 Å². The van der Waals surface area contributed by atoms with Gasteiger partial charge in [-0.3, -0.25) is 4.79 Å². The summed E-state index contributed by atoms with van der Waals surface area (Å²) in [5.74, 6) is 1.21. The molecule has 0 aliphatic carbocycles. The number of amides is 1. The van der Waals surface area contributed by atoms with Crippen molar-refractivity contribution in [3.05, 3.63) is 89.9 Å². The molecule has 0 atom stereocenters. The van der Waals surface area contributed by atoms with E-state index in [9.17, 15) is 18.0 Å². The van der Waals surface area contributed by atoms with Crippen LogP contribution in [-0.4, -0.2) is 45.3 Å². The molecule has 2 aromatic carbocycles. The van der Waals surface area contributed by atoms with Crippen LogP contribution in [0.3, 0.4) is 0 Å². The SMILES string of the molecule is Cc1cc(C(=O)NCC2CCN(c3ccnc(-c4cccc(-n5cccn5)c4)n3)CC2)cc(C(F)(F)F)c1. The standard InChI is InChI=1S/C28H27F3N6O/c1-19-14-22(16-23(15-19)28(29,30)31)27(38)33-18-20-7-12-36(13-8-20)25-6-10-32-26(35-25)21-4-2-5-24(17-21)37-11-3-9-34-37/h2-6,9-11,14-17,20H,7-8,12-13,18H2,1H3,(H,33,38). The molecule has 1 aliphatic rings. The second-order valence-electron chi connectivity index (χ2n) is 9.47. The first-order chi connectivity index (χ1) is 18.3. The van der Waals surface area contributed by atoms with Gasteiger partial charge < -0.3 is 10.2 Å². The Balaban J connectivity index is 1.18. The Hall–Kier alpha value is -4.21. The van der Waals surface area contributed by atoms with Crippen LogP contribution in [0.2, 0.25) is 0 Å². The summed E-state index contributed by atoms with van der Waals surface area (Å²) in [6, 6.07) is 15.1. The fourth-order valence-electron chi connectivity index (χ4n) is 4.66. The highest BCUT2D eigenvalue weighted by Gasteiger charge is 2.31. The molecule has 2 aromatic heterocycles. The van der Waals surface area contributed by atoms with Gasteiger partial charge in [-0.15, -0.1) is 0 Å². The molecule has 0 unspecified atom stereocenters. The number of nitrogens with one attached hydrogen (secondary N) is 1. The van der Waals surface area contributed by atoms with Crippen molar-refractivity contribution in [1.29, 1.82) is 0 Å². The molecule has 0 radical (unpaired) electrons. The topological polar surface area (TPSA) is 75.9 Å². The zero-order valence-electron chi connectivity index (χ0n) is 20.8. The maximum Gasteiger partial charge on any atom is 0.416 e. The average Bonchev–Trinajstić information content (AvgIpc) is 3.47. The van der Waals surface area contributed by atoms with E-state index in [2.05, 4.69) is 20.3 Å². The lowest BCUT2D eigenvalue weighted by Gasteiger charge is -2.33. The highest BCUT2D eigenvalue weighted by molar-refractivity contribution is 5.94. The van der Waals surface area contributed by atoms with Crippen LogP contribution in [0.1, 0.15) is 34.3 Å². The van der Waals surface area contributed by atoms with E-state index in [1.54, 1.807) is 24.0 Å². The number of aromatic nitrogens is 4. The highest BCUT2D eigenvalue weighted by Crippen LogP contribution is 2.31. The number of nitrogens with zero attached hydrogens (tertiary/aromatic N) is 5. The largest absolute Gasteiger partial charge is 0.416 e. The van der Waals surface area contributed by atoms with Crippen molar-refractivity contribution in [2.45, 2.75) is 25.9 Å². The summed E-state index contributed by atoms with van der Waals surface area (Å²) in [7, 11) is 0. The normalized spacial score (nSPS) is 14.5. The van der Waals surface area contributed by atoms with Crippen LogP contribution >= 0.6 is 0 Å². The van der Waals surface area contributed by atoms with Crippen molar-refractivity contribution in [3.63, 3.8) is 0 Å². The van der Waals surface area contributed by atoms with Crippen molar-refractivity contribution >= 4 is 11.7 Å². The van der Waals surface area contributed by atoms with Crippen molar-refractivity contribution < 1.29 is 18.0 Å². The number of carbonyl (C=O) groups is 1. The molecule has 3 heterocycles. The zero-order chi connectivity index (χ0) is 26.7. The minimum atomic E-state index is -4.49. The van der Waals surface area contributed by atoms with Crippen LogP contribution < -0.4 is 10.2 Å². The monoisotopic (exact) mass is 520 g/mol. The smallest absolute Gasteiger partial charge is 0.356 e. The van der Waals surface area contributed by atoms with Gasteiger partial charge in [0.2, 0.25) is 0 Å². The van der Waals surface area contributed by atoms with Gasteiger partial charge in [-0.05, 0) is 73.7 Å². The molecular formula is C28H27F3N6O. The van der Waals surface area contributed by atoms with Crippen LogP contribution in [0, 0.1) is 12.8 Å². The molecule has 10 heteroatoms. The summed E-state index contributed by atoms with van der Waals surface area (Å²) >= 11 is 0. The van der Waals surface area contributed by atoms with Gasteiger partial charge in [-0.2, -0.15) is 18.3 Å². The first kappa shape index (κ1) is 25.4. The average molecular weight is 521 g/mol. The van der Waals surface area contributed by atoms with Crippen LogP contribution in [0.4, 0.5) is 19.0 Å². The number of hydrogen-bond acceptors (Lipinski definition) is 5. The molecule has 196 valence electrons. The Morgan fingerprint density at radius 3 is 2.61 bits per heavy atom. The fourth-order valence-corrected chi connectivity index (χ4v) is 4.66. The second kappa shape index (κ2) is 10.6. The molecular weight excluding hydrogens is 493 g/mol. The van der Waals surface area contributed by atoms with E-state index in [0.29, 0.717) is 17.9 Å². The number of rotatable bonds is 6. The third kappa shape index (κ3) is 5.85. The number of hydrogen-bond donors (Lipinski definition) is 1. The maximum absolute atomic E-state index is 13.1. The molecule has 0 spiro atoms. The number of aryl methyl sites for hydroxylation is 1. The molecule has 1 fully saturated rings. The molecule has 4 aromatic rings. The molecule has 1 N–H and O–H groups in total. The summed E-state index contributed by atoms with van der Waals surface area (Å²) < 4.78 is 41.1. The van der Waals surface area contributed by atoms with Gasteiger partial charge in [0, 0.05) is 49.4 Å². The van der Waals surface area contributed by atoms with Crippen molar-refractivity contribution in [3.8, 4) is 17.1 Å². The number of piperidine rings is 1. The third-order valence-corrected chi connectivity index (χ3v) is 6.67. The maximum atomic E-state index is 13.1. The Kier molecular flexibility index (Phi) is 7.13. The van der Waals surface area contributed by atoms with Gasteiger partial charge in [0.25, 0.3) is 5.91 Å². The van der Waals surface area contributed by atoms with Gasteiger partial charge in [0.05, 0.1) is 11.3 Å². The number of benzene rings is 2. The first-order valence-electron chi connectivity index (χ1n) is 12.4. The molecule has 1 amide bonds. The summed E-state index contributed by atoms with van der Waals surface area (Å²) in [5.41, 5.74) is 1.43. The Morgan fingerprint density at radius 1 is 1.05 bits per heavy atom. The Bertz CT molecular complexity index is 1410. The molecule has 7 nitrogen and oxygen atoms in total. The Labute approximate surface area is 218 Å². The predicted molar refractivity (Wildman–Crippen MR) is 138 cm³/mol. The lowest BCUT2D eigenvalue weighted by molar-refractivity contribution is -0.137. The van der Waals surface area contributed by atoms with Crippen molar-refractivity contribution in [2.75, 3.05) is 24.5 Å². The molecule has 5 rings (SSSR count). The van der Waals surface area contributed by atoms with Crippen LogP contribution in [0.25, 0.3) is 17.1 Å². The number of halogens is 3. The second-order valence-corrected chi connectivity index (χ2v) is 9.47. The lowest BCUT2D eigenvalue weighted by Crippen LogP contribution is -2.39. The van der Waals surface area contributed by atoms with E-state index in [1.807, 2.05) is 42.6 Å². The van der Waals surface area contributed by atoms with Gasteiger partial charge in [-0.25, -0.2) is 14.6 Å². The van der Waals surface area contributed by atoms with E-state index in [4.69, 9.17) is 4.98 Å². The van der Waals surface area contributed by atoms with Crippen LogP contribution in [0.15, 0.2) is 73.2 Å². The predicted octanol–water partition coefficient (Wildman–Crippen LogP) is 5.30. The zero-order valence-corrected chi connectivity index (χ0v) is 20.8. The summed E-state index contributed by atoms with van der Waals surface area (Å²) in [5, 5.41) is 7.10. The van der Waals surface area contributed by atoms with E-state index >= 15 is 0 Å². The molecule has 1 saturated heterocycles. The highest BCUT2D eigenvalue weighted by atomic mass is 19.4. The van der Waals surface area contributed by atoms with Crippen molar-refractivity contribution in [1.82, 2.24) is 25.1 Å². The number of carbonyl (C=O) groups excluding carboxylic acids is 1. The van der Waals surface area contributed by atoms with Gasteiger partial charge in [0.15, 0.2) is 5.82 Å². The van der Waals surface area contributed by atoms with Gasteiger partial charge in [0.1, 0.15) is 5.82 Å². The van der Waals surface area contributed by atoms with Crippen molar-refractivity contribution in [2.24, 2.45) is 5.92 Å². The fraction of sp³-hybridized carbons (Fsp3) is 0.286. The lowest BCUT2D eigenvalue weighted by atomic mass is 9.96. The number of alkyl halides is 3. The molecule has 0 saturated carbocycles. The summed E-state index contributed by atoms with van der Waals surface area (Å²) in [4.78, 5) is 24.0. The van der Waals surface area contributed by atoms with Gasteiger partial charge in [-0.1, -0.05) is 12.1 Å². The molecule has 1 aliphatic heterocycles. The minimum Gasteiger partial charge on any atom is -0.356 e. The summed E-state index contributed by atoms with van der Waals surface area (Å²) in [6.45, 7) is 3.48. The molecule has 0 bridgehead atoms. The minimum absolute atomic E-state index is 0.0277. The molecule has 38 heavy (non-hydrogen) atoms. The first-order valence-corrected chi connectivity index (χ1v) is 12.4. The van der Waals surface area contributed by atoms with E-state index < -0.39 is 17.6 Å².